The monoisotopic (exact) mass is 202 g/mol. The Hall–Kier alpha value is -1.84. The van der Waals surface area contributed by atoms with Crippen LogP contribution in [-0.2, 0) is 13.1 Å². The third-order valence-corrected chi connectivity index (χ3v) is 2.89. The van der Waals surface area contributed by atoms with Crippen molar-refractivity contribution in [1.29, 1.82) is 0 Å². The number of hydrogen-bond acceptors (Lipinski definition) is 2. The number of hydrogen-bond donors (Lipinski definition) is 0. The fourth-order valence-corrected chi connectivity index (χ4v) is 2.17. The van der Waals surface area contributed by atoms with Crippen molar-refractivity contribution in [3.05, 3.63) is 45.0 Å². The van der Waals surface area contributed by atoms with Gasteiger partial charge in [0.2, 0.25) is 0 Å². The van der Waals surface area contributed by atoms with Gasteiger partial charge in [0, 0.05) is 13.1 Å². The average Bonchev–Trinajstić information content (AvgIpc) is 2.75. The van der Waals surface area contributed by atoms with E-state index in [9.17, 15) is 9.59 Å². The van der Waals surface area contributed by atoms with Crippen LogP contribution in [0.25, 0.3) is 10.8 Å². The lowest BCUT2D eigenvalue weighted by atomic mass is 10.2. The van der Waals surface area contributed by atoms with Gasteiger partial charge in [-0.3, -0.25) is 9.59 Å². The molecule has 1 aromatic carbocycles. The van der Waals surface area contributed by atoms with Crippen molar-refractivity contribution < 1.29 is 0 Å². The molecule has 0 saturated carbocycles. The molecule has 0 atom stereocenters. The molecule has 2 aromatic rings. The fourth-order valence-electron chi connectivity index (χ4n) is 2.17. The molecular formula is C11H10N2O2. The molecule has 0 aliphatic carbocycles. The molecule has 2 heterocycles. The van der Waals surface area contributed by atoms with Gasteiger partial charge < -0.3 is 0 Å². The molecule has 0 spiro atoms. The van der Waals surface area contributed by atoms with Crippen LogP contribution in [0.2, 0.25) is 0 Å². The Labute approximate surface area is 85.4 Å². The molecule has 0 amide bonds. The molecule has 4 nitrogen and oxygen atoms in total. The van der Waals surface area contributed by atoms with Crippen LogP contribution in [0, 0.1) is 0 Å². The van der Waals surface area contributed by atoms with Crippen molar-refractivity contribution >= 4 is 10.8 Å². The molecule has 0 unspecified atom stereocenters. The highest BCUT2D eigenvalue weighted by Crippen LogP contribution is 2.07. The van der Waals surface area contributed by atoms with Crippen molar-refractivity contribution in [2.45, 2.75) is 19.5 Å². The first kappa shape index (κ1) is 8.47. The second-order valence-corrected chi connectivity index (χ2v) is 3.76. The fraction of sp³-hybridized carbons (Fsp3) is 0.273. The third kappa shape index (κ3) is 1.02. The summed E-state index contributed by atoms with van der Waals surface area (Å²) in [7, 11) is 0. The van der Waals surface area contributed by atoms with Crippen molar-refractivity contribution in [1.82, 2.24) is 9.36 Å². The van der Waals surface area contributed by atoms with Crippen LogP contribution < -0.4 is 11.1 Å². The van der Waals surface area contributed by atoms with Gasteiger partial charge in [0.1, 0.15) is 0 Å². The maximum atomic E-state index is 12.0. The summed E-state index contributed by atoms with van der Waals surface area (Å²) >= 11 is 0. The van der Waals surface area contributed by atoms with Crippen LogP contribution in [0.5, 0.6) is 0 Å². The Kier molecular flexibility index (Phi) is 1.59. The Morgan fingerprint density at radius 1 is 0.867 bits per heavy atom. The summed E-state index contributed by atoms with van der Waals surface area (Å²) in [5.41, 5.74) is -0.106. The number of rotatable bonds is 0. The first-order chi connectivity index (χ1) is 7.29. The van der Waals surface area contributed by atoms with Crippen LogP contribution in [0.3, 0.4) is 0 Å². The summed E-state index contributed by atoms with van der Waals surface area (Å²) < 4.78 is 3.09. The van der Waals surface area contributed by atoms with Gasteiger partial charge in [-0.15, -0.1) is 0 Å². The van der Waals surface area contributed by atoms with Gasteiger partial charge >= 0.3 is 0 Å². The third-order valence-electron chi connectivity index (χ3n) is 2.89. The highest BCUT2D eigenvalue weighted by molar-refractivity contribution is 5.80. The van der Waals surface area contributed by atoms with Crippen molar-refractivity contribution in [3.8, 4) is 0 Å². The summed E-state index contributed by atoms with van der Waals surface area (Å²) in [6.45, 7) is 1.30. The van der Waals surface area contributed by atoms with Crippen molar-refractivity contribution in [3.63, 3.8) is 0 Å². The summed E-state index contributed by atoms with van der Waals surface area (Å²) in [5, 5.41) is 1.06. The summed E-state index contributed by atoms with van der Waals surface area (Å²) in [6.07, 6.45) is 0.867. The molecule has 0 bridgehead atoms. The van der Waals surface area contributed by atoms with Gasteiger partial charge in [-0.05, 0) is 18.6 Å². The number of benzene rings is 1. The molecule has 0 N–H and O–H groups in total. The molecule has 1 aliphatic heterocycles. The Morgan fingerprint density at radius 3 is 1.80 bits per heavy atom. The molecule has 1 aromatic heterocycles. The Bertz CT molecular complexity index is 595. The predicted octanol–water partition coefficient (Wildman–Crippen LogP) is 0.567. The number of nitrogens with zero attached hydrogens (tertiary/aromatic N) is 2. The van der Waals surface area contributed by atoms with Gasteiger partial charge in [0.25, 0.3) is 11.1 Å². The van der Waals surface area contributed by atoms with Crippen molar-refractivity contribution in [2.24, 2.45) is 0 Å². The smallest absolute Gasteiger partial charge is 0.267 e. The molecule has 0 radical (unpaired) electrons. The first-order valence-corrected chi connectivity index (χ1v) is 5.02. The second-order valence-electron chi connectivity index (χ2n) is 3.76. The molecule has 0 saturated heterocycles. The van der Waals surface area contributed by atoms with Gasteiger partial charge in [0.15, 0.2) is 0 Å². The lowest BCUT2D eigenvalue weighted by Gasteiger charge is -2.06. The van der Waals surface area contributed by atoms with Crippen molar-refractivity contribution in [2.75, 3.05) is 0 Å². The zero-order valence-electron chi connectivity index (χ0n) is 8.14. The van der Waals surface area contributed by atoms with E-state index in [-0.39, 0.29) is 11.1 Å². The second kappa shape index (κ2) is 2.82. The van der Waals surface area contributed by atoms with Crippen LogP contribution in [0.1, 0.15) is 6.42 Å². The molecule has 15 heavy (non-hydrogen) atoms. The van der Waals surface area contributed by atoms with Crippen LogP contribution in [0.4, 0.5) is 0 Å². The average molecular weight is 202 g/mol. The molecule has 76 valence electrons. The summed E-state index contributed by atoms with van der Waals surface area (Å²) in [4.78, 5) is 24.0. The van der Waals surface area contributed by atoms with Crippen LogP contribution in [0.15, 0.2) is 33.9 Å². The van der Waals surface area contributed by atoms with E-state index in [1.165, 1.54) is 0 Å². The number of aromatic nitrogens is 2. The van der Waals surface area contributed by atoms with Gasteiger partial charge in [-0.25, -0.2) is 9.36 Å². The molecule has 4 heteroatoms. The van der Waals surface area contributed by atoms with E-state index in [1.54, 1.807) is 33.6 Å². The van der Waals surface area contributed by atoms with E-state index < -0.39 is 0 Å². The summed E-state index contributed by atoms with van der Waals surface area (Å²) in [5.74, 6) is 0. The largest absolute Gasteiger partial charge is 0.273 e. The highest BCUT2D eigenvalue weighted by Gasteiger charge is 2.16. The van der Waals surface area contributed by atoms with E-state index >= 15 is 0 Å². The molecule has 3 rings (SSSR count). The lowest BCUT2D eigenvalue weighted by Crippen LogP contribution is -2.34. The lowest BCUT2D eigenvalue weighted by molar-refractivity contribution is 0.557. The number of fused-ring (bicyclic) bond motifs is 2. The van der Waals surface area contributed by atoms with E-state index in [2.05, 4.69) is 0 Å². The van der Waals surface area contributed by atoms with Crippen LogP contribution in [-0.4, -0.2) is 9.36 Å². The maximum absolute atomic E-state index is 12.0. The quantitative estimate of drug-likeness (QED) is 0.626. The Morgan fingerprint density at radius 2 is 1.33 bits per heavy atom. The van der Waals surface area contributed by atoms with E-state index in [0.717, 1.165) is 6.42 Å². The van der Waals surface area contributed by atoms with Gasteiger partial charge in [-0.2, -0.15) is 0 Å². The zero-order valence-corrected chi connectivity index (χ0v) is 8.14. The predicted molar refractivity (Wildman–Crippen MR) is 57.1 cm³/mol. The molecule has 0 fully saturated rings. The minimum atomic E-state index is -0.0531. The molecular weight excluding hydrogens is 192 g/mol. The SMILES string of the molecule is O=c1c2ccccc2c(=O)n2n1CCC2. The maximum Gasteiger partial charge on any atom is 0.273 e. The standard InChI is InChI=1S/C11H10N2O2/c14-10-8-4-1-2-5-9(8)11(15)13-7-3-6-12(10)13/h1-2,4-5H,3,6-7H2. The van der Waals surface area contributed by atoms with Gasteiger partial charge in [0.05, 0.1) is 10.8 Å². The highest BCUT2D eigenvalue weighted by atomic mass is 16.2. The minimum Gasteiger partial charge on any atom is -0.267 e. The topological polar surface area (TPSA) is 44.0 Å². The van der Waals surface area contributed by atoms with E-state index in [4.69, 9.17) is 0 Å². The first-order valence-electron chi connectivity index (χ1n) is 5.02. The zero-order chi connectivity index (χ0) is 10.4. The minimum absolute atomic E-state index is 0.0531. The normalized spacial score (nSPS) is 14.4. The summed E-state index contributed by atoms with van der Waals surface area (Å²) in [6, 6.07) is 7.00. The molecule has 1 aliphatic rings. The van der Waals surface area contributed by atoms with Crippen LogP contribution >= 0.6 is 0 Å². The Balaban J connectivity index is 2.63. The van der Waals surface area contributed by atoms with E-state index in [0.29, 0.717) is 23.9 Å². The van der Waals surface area contributed by atoms with E-state index in [1.807, 2.05) is 0 Å². The van der Waals surface area contributed by atoms with Gasteiger partial charge in [-0.1, -0.05) is 12.1 Å².